The summed E-state index contributed by atoms with van der Waals surface area (Å²) >= 11 is 0. The normalized spacial score (nSPS) is 20.5. The van der Waals surface area contributed by atoms with Gasteiger partial charge in [0.25, 0.3) is 5.91 Å². The van der Waals surface area contributed by atoms with Crippen LogP contribution in [0.25, 0.3) is 0 Å². The van der Waals surface area contributed by atoms with Crippen LogP contribution in [0.5, 0.6) is 5.75 Å². The third-order valence-electron chi connectivity index (χ3n) is 5.68. The van der Waals surface area contributed by atoms with Crippen LogP contribution in [0.1, 0.15) is 40.2 Å². The van der Waals surface area contributed by atoms with Crippen molar-refractivity contribution in [3.63, 3.8) is 0 Å². The molecule has 0 aliphatic carbocycles. The summed E-state index contributed by atoms with van der Waals surface area (Å²) in [5.74, 6) is 0.737. The van der Waals surface area contributed by atoms with Crippen molar-refractivity contribution >= 4 is 5.91 Å². The van der Waals surface area contributed by atoms with Crippen LogP contribution in [0.2, 0.25) is 0 Å². The molecule has 2 aromatic rings. The molecule has 2 atom stereocenters. The van der Waals surface area contributed by atoms with Crippen molar-refractivity contribution in [2.24, 2.45) is 5.92 Å². The highest BCUT2D eigenvalue weighted by molar-refractivity contribution is 5.92. The van der Waals surface area contributed by atoms with Crippen molar-refractivity contribution < 1.29 is 27.4 Å². The minimum Gasteiger partial charge on any atom is -0.491 e. The van der Waals surface area contributed by atoms with Gasteiger partial charge in [-0.15, -0.1) is 0 Å². The first-order valence-corrected chi connectivity index (χ1v) is 10.5. The number of nitrogens with zero attached hydrogens (tertiary/aromatic N) is 2. The summed E-state index contributed by atoms with van der Waals surface area (Å²) in [5.41, 5.74) is 3.48. The molecule has 31 heavy (non-hydrogen) atoms. The zero-order valence-electron chi connectivity index (χ0n) is 17.4. The number of fused-ring (bicyclic) bond motifs is 2. The molecule has 6 nitrogen and oxygen atoms in total. The standard InChI is InChI=1S/C22H26F3N3O3/c1-14-2-3-20-16(8-14)10-17(13-31-20)26-21(29)19-11-18-9-15(4-6-28(18)27-19)12-30-7-5-22(23,24)25/h2-3,8,11,15,17H,4-7,9-10,12-13H2,1H3,(H,26,29)/t15?,17-/m1/s1. The number of ether oxygens (including phenoxy) is 2. The van der Waals surface area contributed by atoms with Crippen LogP contribution in [0, 0.1) is 12.8 Å². The van der Waals surface area contributed by atoms with E-state index in [1.165, 1.54) is 0 Å². The lowest BCUT2D eigenvalue weighted by Crippen LogP contribution is -2.42. The number of alkyl halides is 3. The Bertz CT molecular complexity index is 942. The minimum absolute atomic E-state index is 0.125. The van der Waals surface area contributed by atoms with Crippen molar-refractivity contribution in [2.45, 2.75) is 51.4 Å². The first-order valence-electron chi connectivity index (χ1n) is 10.5. The van der Waals surface area contributed by atoms with E-state index in [2.05, 4.69) is 16.5 Å². The summed E-state index contributed by atoms with van der Waals surface area (Å²) in [5, 5.41) is 7.41. The zero-order valence-corrected chi connectivity index (χ0v) is 17.4. The molecule has 2 aliphatic rings. The van der Waals surface area contributed by atoms with Gasteiger partial charge in [0.05, 0.1) is 19.1 Å². The highest BCUT2D eigenvalue weighted by Gasteiger charge is 2.28. The highest BCUT2D eigenvalue weighted by Crippen LogP contribution is 2.26. The second-order valence-corrected chi connectivity index (χ2v) is 8.34. The van der Waals surface area contributed by atoms with Crippen LogP contribution in [0.15, 0.2) is 24.3 Å². The fourth-order valence-electron chi connectivity index (χ4n) is 4.08. The van der Waals surface area contributed by atoms with Gasteiger partial charge in [-0.05, 0) is 49.8 Å². The SMILES string of the molecule is Cc1ccc2c(c1)C[C@@H](NC(=O)c1cc3n(n1)CCC(COCCC(F)(F)F)C3)CO2. The highest BCUT2D eigenvalue weighted by atomic mass is 19.4. The molecule has 168 valence electrons. The number of benzene rings is 1. The van der Waals surface area contributed by atoms with E-state index in [9.17, 15) is 18.0 Å². The monoisotopic (exact) mass is 437 g/mol. The van der Waals surface area contributed by atoms with E-state index in [0.29, 0.717) is 31.7 Å². The Hall–Kier alpha value is -2.55. The van der Waals surface area contributed by atoms with E-state index in [-0.39, 0.29) is 31.1 Å². The van der Waals surface area contributed by atoms with E-state index in [1.54, 1.807) is 10.7 Å². The summed E-state index contributed by atoms with van der Waals surface area (Å²) in [6.45, 7) is 3.01. The molecule has 4 rings (SSSR count). The van der Waals surface area contributed by atoms with Crippen LogP contribution in [0.4, 0.5) is 13.2 Å². The van der Waals surface area contributed by atoms with E-state index < -0.39 is 12.6 Å². The van der Waals surface area contributed by atoms with Crippen LogP contribution in [0.3, 0.4) is 0 Å². The largest absolute Gasteiger partial charge is 0.491 e. The number of aryl methyl sites for hydroxylation is 2. The molecular formula is C22H26F3N3O3. The summed E-state index contributed by atoms with van der Waals surface area (Å²) in [7, 11) is 0. The molecule has 0 saturated heterocycles. The number of carbonyl (C=O) groups excluding carboxylic acids is 1. The molecule has 0 bridgehead atoms. The smallest absolute Gasteiger partial charge is 0.391 e. The summed E-state index contributed by atoms with van der Waals surface area (Å²) < 4.78 is 49.4. The molecule has 0 radical (unpaired) electrons. The molecule has 0 saturated carbocycles. The van der Waals surface area contributed by atoms with E-state index in [4.69, 9.17) is 9.47 Å². The van der Waals surface area contributed by atoms with Crippen molar-refractivity contribution in [3.8, 4) is 5.75 Å². The third kappa shape index (κ3) is 5.58. The zero-order chi connectivity index (χ0) is 22.0. The second kappa shape index (κ2) is 8.90. The lowest BCUT2D eigenvalue weighted by Gasteiger charge is -2.26. The Morgan fingerprint density at radius 2 is 2.16 bits per heavy atom. The van der Waals surface area contributed by atoms with Crippen LogP contribution in [-0.2, 0) is 24.1 Å². The van der Waals surface area contributed by atoms with Gasteiger partial charge in [0, 0.05) is 18.8 Å². The maximum Gasteiger partial charge on any atom is 0.391 e. The maximum atomic E-state index is 12.7. The number of amides is 1. The topological polar surface area (TPSA) is 65.4 Å². The van der Waals surface area contributed by atoms with Gasteiger partial charge >= 0.3 is 6.18 Å². The average molecular weight is 437 g/mol. The Labute approximate surface area is 178 Å². The van der Waals surface area contributed by atoms with Gasteiger partial charge in [0.2, 0.25) is 0 Å². The average Bonchev–Trinajstić information content (AvgIpc) is 3.14. The van der Waals surface area contributed by atoms with Crippen LogP contribution in [-0.4, -0.2) is 47.7 Å². The van der Waals surface area contributed by atoms with Gasteiger partial charge in [0.15, 0.2) is 0 Å². The number of hydrogen-bond donors (Lipinski definition) is 1. The van der Waals surface area contributed by atoms with Gasteiger partial charge in [-0.1, -0.05) is 17.7 Å². The number of carbonyl (C=O) groups is 1. The fraction of sp³-hybridized carbons (Fsp3) is 0.545. The van der Waals surface area contributed by atoms with Gasteiger partial charge < -0.3 is 14.8 Å². The van der Waals surface area contributed by atoms with Crippen molar-refractivity contribution in [1.82, 2.24) is 15.1 Å². The molecule has 3 heterocycles. The molecule has 9 heteroatoms. The Balaban J connectivity index is 1.30. The van der Waals surface area contributed by atoms with E-state index in [0.717, 1.165) is 29.0 Å². The van der Waals surface area contributed by atoms with Gasteiger partial charge in [-0.25, -0.2) is 0 Å². The second-order valence-electron chi connectivity index (χ2n) is 8.34. The molecule has 0 fully saturated rings. The Morgan fingerprint density at radius 1 is 1.32 bits per heavy atom. The molecule has 2 aliphatic heterocycles. The number of halogens is 3. The van der Waals surface area contributed by atoms with Crippen LogP contribution >= 0.6 is 0 Å². The lowest BCUT2D eigenvalue weighted by molar-refractivity contribution is -0.146. The Morgan fingerprint density at radius 3 is 2.97 bits per heavy atom. The van der Waals surface area contributed by atoms with Crippen LogP contribution < -0.4 is 10.1 Å². The molecule has 1 aromatic heterocycles. The Kier molecular flexibility index (Phi) is 6.22. The minimum atomic E-state index is -4.20. The molecule has 1 N–H and O–H groups in total. The molecule has 1 amide bonds. The summed E-state index contributed by atoms with van der Waals surface area (Å²) in [6, 6.07) is 7.66. The summed E-state index contributed by atoms with van der Waals surface area (Å²) in [6.07, 6.45) is -3.04. The molecule has 1 unspecified atom stereocenters. The van der Waals surface area contributed by atoms with Crippen molar-refractivity contribution in [3.05, 3.63) is 46.8 Å². The third-order valence-corrected chi connectivity index (χ3v) is 5.68. The van der Waals surface area contributed by atoms with Gasteiger partial charge in [0.1, 0.15) is 18.1 Å². The first kappa shape index (κ1) is 21.7. The first-order chi connectivity index (χ1) is 14.8. The number of aromatic nitrogens is 2. The summed E-state index contributed by atoms with van der Waals surface area (Å²) in [4.78, 5) is 12.7. The fourth-order valence-corrected chi connectivity index (χ4v) is 4.08. The van der Waals surface area contributed by atoms with E-state index in [1.807, 2.05) is 19.1 Å². The van der Waals surface area contributed by atoms with Crippen molar-refractivity contribution in [1.29, 1.82) is 0 Å². The maximum absolute atomic E-state index is 12.7. The number of nitrogens with one attached hydrogen (secondary N) is 1. The predicted octanol–water partition coefficient (Wildman–Crippen LogP) is 3.46. The quantitative estimate of drug-likeness (QED) is 0.703. The molecular weight excluding hydrogens is 411 g/mol. The number of hydrogen-bond acceptors (Lipinski definition) is 4. The lowest BCUT2D eigenvalue weighted by atomic mass is 9.97. The molecule has 0 spiro atoms. The number of rotatable bonds is 6. The van der Waals surface area contributed by atoms with Crippen molar-refractivity contribution in [2.75, 3.05) is 19.8 Å². The van der Waals surface area contributed by atoms with Gasteiger partial charge in [-0.3, -0.25) is 9.48 Å². The predicted molar refractivity (Wildman–Crippen MR) is 107 cm³/mol. The van der Waals surface area contributed by atoms with Gasteiger partial charge in [-0.2, -0.15) is 18.3 Å². The van der Waals surface area contributed by atoms with E-state index >= 15 is 0 Å². The molecule has 1 aromatic carbocycles.